The van der Waals surface area contributed by atoms with Crippen molar-refractivity contribution in [1.29, 1.82) is 0 Å². The summed E-state index contributed by atoms with van der Waals surface area (Å²) in [7, 11) is 0. The van der Waals surface area contributed by atoms with Crippen molar-refractivity contribution in [2.45, 2.75) is 0 Å². The van der Waals surface area contributed by atoms with Gasteiger partial charge in [-0.15, -0.1) is 0 Å². The second kappa shape index (κ2) is 6.06. The van der Waals surface area contributed by atoms with Crippen LogP contribution in [0, 0.1) is 0 Å². The number of amides is 1. The summed E-state index contributed by atoms with van der Waals surface area (Å²) in [4.78, 5) is 13.5. The predicted molar refractivity (Wildman–Crippen MR) is 71.3 cm³/mol. The largest absolute Gasteiger partial charge is 0.451 e. The van der Waals surface area contributed by atoms with E-state index in [1.165, 1.54) is 4.90 Å². The summed E-state index contributed by atoms with van der Waals surface area (Å²) in [6.07, 6.45) is 0. The van der Waals surface area contributed by atoms with E-state index in [1.807, 2.05) is 0 Å². The maximum absolute atomic E-state index is 12.2. The Labute approximate surface area is 115 Å². The number of fused-ring (bicyclic) bond motifs is 1. The molecular formula is C13H14ClNO4. The van der Waals surface area contributed by atoms with Crippen molar-refractivity contribution in [3.8, 4) is 0 Å². The fourth-order valence-electron chi connectivity index (χ4n) is 1.83. The van der Waals surface area contributed by atoms with Crippen molar-refractivity contribution in [2.75, 3.05) is 26.3 Å². The van der Waals surface area contributed by atoms with E-state index in [1.54, 1.807) is 24.3 Å². The van der Waals surface area contributed by atoms with Crippen molar-refractivity contribution in [1.82, 2.24) is 4.90 Å². The van der Waals surface area contributed by atoms with Crippen molar-refractivity contribution in [3.63, 3.8) is 0 Å². The first kappa shape index (κ1) is 13.9. The molecule has 6 heteroatoms. The minimum absolute atomic E-state index is 0.150. The number of nitrogens with zero attached hydrogens (tertiary/aromatic N) is 1. The summed E-state index contributed by atoms with van der Waals surface area (Å²) in [5, 5.41) is 19.1. The summed E-state index contributed by atoms with van der Waals surface area (Å²) in [5.74, 6) is -0.199. The molecule has 0 radical (unpaired) electrons. The first-order chi connectivity index (χ1) is 9.15. The zero-order chi connectivity index (χ0) is 13.8. The van der Waals surface area contributed by atoms with E-state index >= 15 is 0 Å². The number of hydrogen-bond donors (Lipinski definition) is 2. The molecule has 0 saturated carbocycles. The van der Waals surface area contributed by atoms with Gasteiger partial charge in [0, 0.05) is 23.5 Å². The maximum atomic E-state index is 12.2. The lowest BCUT2D eigenvalue weighted by molar-refractivity contribution is 0.0656. The van der Waals surface area contributed by atoms with Crippen LogP contribution in [-0.4, -0.2) is 47.3 Å². The van der Waals surface area contributed by atoms with Gasteiger partial charge in [-0.3, -0.25) is 4.79 Å². The number of furan rings is 1. The third-order valence-electron chi connectivity index (χ3n) is 2.72. The highest BCUT2D eigenvalue weighted by molar-refractivity contribution is 6.31. The lowest BCUT2D eigenvalue weighted by atomic mass is 10.2. The highest BCUT2D eigenvalue weighted by Gasteiger charge is 2.19. The Balaban J connectivity index is 2.29. The standard InChI is InChI=1S/C13H14ClNO4/c14-10-1-2-11-9(7-10)8-12(19-11)13(18)15(3-5-16)4-6-17/h1-2,7-8,16-17H,3-6H2. The maximum Gasteiger partial charge on any atom is 0.289 e. The Kier molecular flexibility index (Phi) is 4.42. The van der Waals surface area contributed by atoms with Crippen molar-refractivity contribution in [3.05, 3.63) is 35.0 Å². The van der Waals surface area contributed by atoms with Crippen molar-refractivity contribution < 1.29 is 19.4 Å². The highest BCUT2D eigenvalue weighted by Crippen LogP contribution is 2.23. The molecular weight excluding hydrogens is 270 g/mol. The molecule has 0 aliphatic heterocycles. The number of hydrogen-bond acceptors (Lipinski definition) is 4. The van der Waals surface area contributed by atoms with Crippen LogP contribution in [0.5, 0.6) is 0 Å². The minimum atomic E-state index is -0.365. The van der Waals surface area contributed by atoms with Crippen LogP contribution in [-0.2, 0) is 0 Å². The van der Waals surface area contributed by atoms with Crippen LogP contribution in [0.25, 0.3) is 11.0 Å². The minimum Gasteiger partial charge on any atom is -0.451 e. The van der Waals surface area contributed by atoms with Crippen LogP contribution < -0.4 is 0 Å². The Morgan fingerprint density at radius 3 is 2.53 bits per heavy atom. The molecule has 1 heterocycles. The number of rotatable bonds is 5. The van der Waals surface area contributed by atoms with Crippen LogP contribution >= 0.6 is 11.6 Å². The molecule has 1 aromatic carbocycles. The molecule has 2 aromatic rings. The second-order valence-corrected chi connectivity index (χ2v) is 4.47. The molecule has 0 spiro atoms. The van der Waals surface area contributed by atoms with Crippen LogP contribution in [0.4, 0.5) is 0 Å². The molecule has 0 atom stereocenters. The fraction of sp³-hybridized carbons (Fsp3) is 0.308. The van der Waals surface area contributed by atoms with E-state index in [9.17, 15) is 4.79 Å². The quantitative estimate of drug-likeness (QED) is 0.872. The Morgan fingerprint density at radius 2 is 1.89 bits per heavy atom. The molecule has 0 fully saturated rings. The van der Waals surface area contributed by atoms with Crippen LogP contribution in [0.1, 0.15) is 10.6 Å². The molecule has 2 N–H and O–H groups in total. The summed E-state index contributed by atoms with van der Waals surface area (Å²) in [6, 6.07) is 6.68. The average Bonchev–Trinajstić information content (AvgIpc) is 2.80. The molecule has 2 rings (SSSR count). The van der Waals surface area contributed by atoms with Gasteiger partial charge in [0.2, 0.25) is 0 Å². The molecule has 0 aliphatic carbocycles. The number of aliphatic hydroxyl groups excluding tert-OH is 2. The van der Waals surface area contributed by atoms with E-state index in [0.717, 1.165) is 5.39 Å². The van der Waals surface area contributed by atoms with E-state index in [0.29, 0.717) is 10.6 Å². The van der Waals surface area contributed by atoms with Crippen LogP contribution in [0.3, 0.4) is 0 Å². The molecule has 0 aliphatic rings. The fourth-order valence-corrected chi connectivity index (χ4v) is 2.01. The van der Waals surface area contributed by atoms with Gasteiger partial charge >= 0.3 is 0 Å². The zero-order valence-electron chi connectivity index (χ0n) is 10.2. The van der Waals surface area contributed by atoms with Gasteiger partial charge in [-0.05, 0) is 24.3 Å². The SMILES string of the molecule is O=C(c1cc2cc(Cl)ccc2o1)N(CCO)CCO. The number of aliphatic hydroxyl groups is 2. The van der Waals surface area contributed by atoms with Gasteiger partial charge in [0.05, 0.1) is 13.2 Å². The lowest BCUT2D eigenvalue weighted by Gasteiger charge is -2.18. The molecule has 1 amide bonds. The predicted octanol–water partition coefficient (Wildman–Crippen LogP) is 1.51. The number of carbonyl (C=O) groups excluding carboxylic acids is 1. The number of benzene rings is 1. The molecule has 5 nitrogen and oxygen atoms in total. The van der Waals surface area contributed by atoms with Crippen molar-refractivity contribution in [2.24, 2.45) is 0 Å². The van der Waals surface area contributed by atoms with Crippen LogP contribution in [0.15, 0.2) is 28.7 Å². The molecule has 0 bridgehead atoms. The van der Waals surface area contributed by atoms with Gasteiger partial charge in [-0.1, -0.05) is 11.6 Å². The van der Waals surface area contributed by atoms with E-state index in [4.69, 9.17) is 26.2 Å². The van der Waals surface area contributed by atoms with E-state index < -0.39 is 0 Å². The lowest BCUT2D eigenvalue weighted by Crippen LogP contribution is -2.35. The summed E-state index contributed by atoms with van der Waals surface area (Å²) < 4.78 is 5.45. The monoisotopic (exact) mass is 283 g/mol. The Bertz CT molecular complexity index is 575. The Morgan fingerprint density at radius 1 is 1.21 bits per heavy atom. The molecule has 0 unspecified atom stereocenters. The second-order valence-electron chi connectivity index (χ2n) is 4.03. The normalized spacial score (nSPS) is 10.9. The first-order valence-corrected chi connectivity index (χ1v) is 6.23. The average molecular weight is 284 g/mol. The van der Waals surface area contributed by atoms with E-state index in [2.05, 4.69) is 0 Å². The van der Waals surface area contributed by atoms with Gasteiger partial charge in [0.15, 0.2) is 5.76 Å². The van der Waals surface area contributed by atoms with Crippen LogP contribution in [0.2, 0.25) is 5.02 Å². The number of halogens is 1. The number of carbonyl (C=O) groups is 1. The van der Waals surface area contributed by atoms with Gasteiger partial charge in [0.1, 0.15) is 5.58 Å². The third kappa shape index (κ3) is 3.07. The van der Waals surface area contributed by atoms with Gasteiger partial charge in [-0.2, -0.15) is 0 Å². The molecule has 19 heavy (non-hydrogen) atoms. The van der Waals surface area contributed by atoms with Gasteiger partial charge < -0.3 is 19.5 Å². The first-order valence-electron chi connectivity index (χ1n) is 5.86. The molecule has 1 aromatic heterocycles. The molecule has 102 valence electrons. The third-order valence-corrected chi connectivity index (χ3v) is 2.95. The zero-order valence-corrected chi connectivity index (χ0v) is 10.9. The topological polar surface area (TPSA) is 73.9 Å². The van der Waals surface area contributed by atoms with Crippen molar-refractivity contribution >= 4 is 28.5 Å². The van der Waals surface area contributed by atoms with Gasteiger partial charge in [-0.25, -0.2) is 0 Å². The Hall–Kier alpha value is -1.56. The molecule has 0 saturated heterocycles. The van der Waals surface area contributed by atoms with E-state index in [-0.39, 0.29) is 38.0 Å². The smallest absolute Gasteiger partial charge is 0.289 e. The van der Waals surface area contributed by atoms with Gasteiger partial charge in [0.25, 0.3) is 5.91 Å². The summed E-state index contributed by atoms with van der Waals surface area (Å²) in [6.45, 7) is -0.0377. The summed E-state index contributed by atoms with van der Waals surface area (Å²) >= 11 is 5.87. The highest BCUT2D eigenvalue weighted by atomic mass is 35.5. The summed E-state index contributed by atoms with van der Waals surface area (Å²) in [5.41, 5.74) is 0.570.